The Morgan fingerprint density at radius 3 is 2.62 bits per heavy atom. The molecule has 0 amide bonds. The van der Waals surface area contributed by atoms with Crippen molar-refractivity contribution >= 4 is 0 Å². The van der Waals surface area contributed by atoms with E-state index < -0.39 is 17.0 Å². The minimum absolute atomic E-state index is 0.0295. The van der Waals surface area contributed by atoms with Crippen LogP contribution in [-0.4, -0.2) is 24.8 Å². The molecule has 4 heteroatoms. The zero-order valence-electron chi connectivity index (χ0n) is 9.56. The van der Waals surface area contributed by atoms with Gasteiger partial charge < -0.3 is 10.4 Å². The smallest absolute Gasteiger partial charge is 0.127 e. The molecule has 90 valence electrons. The maximum absolute atomic E-state index is 13.5. The third-order valence-electron chi connectivity index (χ3n) is 2.51. The van der Waals surface area contributed by atoms with Gasteiger partial charge in [-0.1, -0.05) is 13.8 Å². The van der Waals surface area contributed by atoms with Crippen molar-refractivity contribution in [2.75, 3.05) is 19.7 Å². The number of benzene rings is 1. The Kier molecular flexibility index (Phi) is 4.38. The van der Waals surface area contributed by atoms with Crippen LogP contribution in [0.4, 0.5) is 8.78 Å². The van der Waals surface area contributed by atoms with Gasteiger partial charge >= 0.3 is 0 Å². The Morgan fingerprint density at radius 1 is 1.31 bits per heavy atom. The Labute approximate surface area is 94.3 Å². The molecular formula is C12H17F2NO. The predicted molar refractivity (Wildman–Crippen MR) is 59.3 cm³/mol. The Bertz CT molecular complexity index is 353. The van der Waals surface area contributed by atoms with Crippen LogP contribution >= 0.6 is 0 Å². The Balaban J connectivity index is 2.83. The van der Waals surface area contributed by atoms with Crippen LogP contribution in [0.2, 0.25) is 0 Å². The van der Waals surface area contributed by atoms with Crippen molar-refractivity contribution < 1.29 is 13.9 Å². The van der Waals surface area contributed by atoms with Crippen LogP contribution in [0.3, 0.4) is 0 Å². The molecule has 0 saturated carbocycles. The van der Waals surface area contributed by atoms with Crippen molar-refractivity contribution in [2.45, 2.75) is 19.3 Å². The quantitative estimate of drug-likeness (QED) is 0.755. The zero-order chi connectivity index (χ0) is 12.2. The molecule has 0 fully saturated rings. The van der Waals surface area contributed by atoms with E-state index in [9.17, 15) is 8.78 Å². The average Bonchev–Trinajstić information content (AvgIpc) is 2.22. The van der Waals surface area contributed by atoms with E-state index in [-0.39, 0.29) is 6.61 Å². The molecule has 0 heterocycles. The number of aliphatic hydroxyl groups is 1. The first-order valence-electron chi connectivity index (χ1n) is 5.24. The molecule has 1 rings (SSSR count). The molecule has 16 heavy (non-hydrogen) atoms. The lowest BCUT2D eigenvalue weighted by atomic mass is 9.84. The van der Waals surface area contributed by atoms with Gasteiger partial charge in [-0.25, -0.2) is 8.78 Å². The molecule has 1 aromatic carbocycles. The summed E-state index contributed by atoms with van der Waals surface area (Å²) in [5.74, 6) is -0.844. The summed E-state index contributed by atoms with van der Waals surface area (Å²) in [6, 6.07) is 3.46. The van der Waals surface area contributed by atoms with E-state index in [1.165, 1.54) is 6.07 Å². The van der Waals surface area contributed by atoms with Crippen LogP contribution in [0.25, 0.3) is 0 Å². The fourth-order valence-electron chi connectivity index (χ4n) is 1.59. The van der Waals surface area contributed by atoms with E-state index in [1.807, 2.05) is 13.8 Å². The van der Waals surface area contributed by atoms with Crippen LogP contribution in [0.5, 0.6) is 0 Å². The van der Waals surface area contributed by atoms with Crippen LogP contribution in [0.1, 0.15) is 19.4 Å². The zero-order valence-corrected chi connectivity index (χ0v) is 9.56. The van der Waals surface area contributed by atoms with E-state index in [4.69, 9.17) is 5.11 Å². The molecule has 2 nitrogen and oxygen atoms in total. The van der Waals surface area contributed by atoms with Crippen LogP contribution < -0.4 is 5.32 Å². The summed E-state index contributed by atoms with van der Waals surface area (Å²) in [4.78, 5) is 0. The van der Waals surface area contributed by atoms with Crippen molar-refractivity contribution in [3.63, 3.8) is 0 Å². The van der Waals surface area contributed by atoms with Crippen LogP contribution in [0.15, 0.2) is 18.2 Å². The van der Waals surface area contributed by atoms with Gasteiger partial charge in [-0.05, 0) is 23.8 Å². The molecule has 0 aromatic heterocycles. The molecule has 0 atom stereocenters. The lowest BCUT2D eigenvalue weighted by molar-refractivity contribution is 0.286. The number of rotatable bonds is 5. The van der Waals surface area contributed by atoms with Gasteiger partial charge in [0, 0.05) is 18.5 Å². The molecule has 1 aromatic rings. The molecule has 0 bridgehead atoms. The lowest BCUT2D eigenvalue weighted by Gasteiger charge is -2.26. The first-order chi connectivity index (χ1) is 7.47. The first-order valence-corrected chi connectivity index (χ1v) is 5.24. The molecule has 0 spiro atoms. The van der Waals surface area contributed by atoms with E-state index in [1.54, 1.807) is 0 Å². The van der Waals surface area contributed by atoms with Crippen molar-refractivity contribution in [1.82, 2.24) is 5.32 Å². The topological polar surface area (TPSA) is 32.3 Å². The molecule has 0 saturated heterocycles. The normalized spacial score (nSPS) is 11.8. The summed E-state index contributed by atoms with van der Waals surface area (Å²) in [7, 11) is 0. The van der Waals surface area contributed by atoms with Crippen molar-refractivity contribution in [3.8, 4) is 0 Å². The minimum Gasteiger partial charge on any atom is -0.395 e. The monoisotopic (exact) mass is 229 g/mol. The highest BCUT2D eigenvalue weighted by molar-refractivity contribution is 5.26. The lowest BCUT2D eigenvalue weighted by Crippen LogP contribution is -2.35. The maximum Gasteiger partial charge on any atom is 0.127 e. The van der Waals surface area contributed by atoms with Crippen molar-refractivity contribution in [3.05, 3.63) is 35.4 Å². The number of nitrogens with one attached hydrogen (secondary N) is 1. The minimum atomic E-state index is -0.513. The standard InChI is InChI=1S/C12H17F2NO/c1-12(2,8-15-5-6-16)10-7-9(13)3-4-11(10)14/h3-4,7,15-16H,5-6,8H2,1-2H3. The molecule has 0 aliphatic carbocycles. The third kappa shape index (κ3) is 3.25. The summed E-state index contributed by atoms with van der Waals surface area (Å²) >= 11 is 0. The van der Waals surface area contributed by atoms with E-state index in [0.29, 0.717) is 18.7 Å². The Hall–Kier alpha value is -1.00. The second-order valence-electron chi connectivity index (χ2n) is 4.41. The van der Waals surface area contributed by atoms with Gasteiger partial charge in [0.2, 0.25) is 0 Å². The van der Waals surface area contributed by atoms with Gasteiger partial charge in [0.15, 0.2) is 0 Å². The highest BCUT2D eigenvalue weighted by atomic mass is 19.1. The largest absolute Gasteiger partial charge is 0.395 e. The van der Waals surface area contributed by atoms with Gasteiger partial charge in [-0.15, -0.1) is 0 Å². The average molecular weight is 229 g/mol. The molecule has 0 aliphatic heterocycles. The summed E-state index contributed by atoms with van der Waals surface area (Å²) in [6.07, 6.45) is 0. The second kappa shape index (κ2) is 5.37. The number of hydrogen-bond donors (Lipinski definition) is 2. The molecular weight excluding hydrogens is 212 g/mol. The first kappa shape index (κ1) is 13.1. The second-order valence-corrected chi connectivity index (χ2v) is 4.41. The fraction of sp³-hybridized carbons (Fsp3) is 0.500. The number of aliphatic hydroxyl groups excluding tert-OH is 1. The van der Waals surface area contributed by atoms with E-state index in [0.717, 1.165) is 12.1 Å². The van der Waals surface area contributed by atoms with E-state index >= 15 is 0 Å². The van der Waals surface area contributed by atoms with Crippen molar-refractivity contribution in [2.24, 2.45) is 0 Å². The highest BCUT2D eigenvalue weighted by Gasteiger charge is 2.24. The maximum atomic E-state index is 13.5. The summed E-state index contributed by atoms with van der Waals surface area (Å²) in [6.45, 7) is 4.61. The molecule has 2 N–H and O–H groups in total. The van der Waals surface area contributed by atoms with Gasteiger partial charge in [-0.3, -0.25) is 0 Å². The molecule has 0 aliphatic rings. The van der Waals surface area contributed by atoms with Gasteiger partial charge in [-0.2, -0.15) is 0 Å². The summed E-state index contributed by atoms with van der Waals surface area (Å²) in [5.41, 5.74) is -0.167. The summed E-state index contributed by atoms with van der Waals surface area (Å²) < 4.78 is 26.6. The van der Waals surface area contributed by atoms with Crippen molar-refractivity contribution in [1.29, 1.82) is 0 Å². The van der Waals surface area contributed by atoms with Crippen LogP contribution in [-0.2, 0) is 5.41 Å². The van der Waals surface area contributed by atoms with Gasteiger partial charge in [0.25, 0.3) is 0 Å². The SMILES string of the molecule is CC(C)(CNCCO)c1cc(F)ccc1F. The fourth-order valence-corrected chi connectivity index (χ4v) is 1.59. The van der Waals surface area contributed by atoms with E-state index in [2.05, 4.69) is 5.32 Å². The van der Waals surface area contributed by atoms with Gasteiger partial charge in [0.05, 0.1) is 6.61 Å². The summed E-state index contributed by atoms with van der Waals surface area (Å²) in [5, 5.41) is 11.6. The Morgan fingerprint density at radius 2 is 2.00 bits per heavy atom. The predicted octanol–water partition coefficient (Wildman–Crippen LogP) is 1.82. The number of halogens is 2. The number of hydrogen-bond acceptors (Lipinski definition) is 2. The van der Waals surface area contributed by atoms with Gasteiger partial charge in [0.1, 0.15) is 11.6 Å². The highest BCUT2D eigenvalue weighted by Crippen LogP contribution is 2.25. The molecule has 0 radical (unpaired) electrons. The van der Waals surface area contributed by atoms with Crippen LogP contribution in [0, 0.1) is 11.6 Å². The molecule has 0 unspecified atom stereocenters. The third-order valence-corrected chi connectivity index (χ3v) is 2.51.